The average molecular weight is 287 g/mol. The van der Waals surface area contributed by atoms with Gasteiger partial charge in [-0.25, -0.2) is 0 Å². The van der Waals surface area contributed by atoms with Crippen LogP contribution in [-0.2, 0) is 16.1 Å². The van der Waals surface area contributed by atoms with Gasteiger partial charge in [0.2, 0.25) is 0 Å². The molecule has 1 aliphatic rings. The van der Waals surface area contributed by atoms with E-state index in [-0.39, 0.29) is 6.61 Å². The number of H-pyrrole nitrogens is 1. The summed E-state index contributed by atoms with van der Waals surface area (Å²) in [6, 6.07) is 3.20. The lowest BCUT2D eigenvalue weighted by atomic mass is 9.99. The number of aromatic nitrogens is 1. The van der Waals surface area contributed by atoms with E-state index in [4.69, 9.17) is 14.6 Å². The molecule has 0 bridgehead atoms. The number of nitrogens with one attached hydrogen (secondary N) is 1. The van der Waals surface area contributed by atoms with Crippen molar-refractivity contribution in [2.24, 2.45) is 0 Å². The molecule has 5 N–H and O–H groups in total. The number of rotatable bonds is 5. The number of hydrogen-bond acceptors (Lipinski definition) is 7. The second-order valence-corrected chi connectivity index (χ2v) is 4.57. The highest BCUT2D eigenvalue weighted by Crippen LogP contribution is 2.22. The van der Waals surface area contributed by atoms with E-state index in [1.54, 1.807) is 12.1 Å². The lowest BCUT2D eigenvalue weighted by Crippen LogP contribution is -2.59. The Kier molecular flexibility index (Phi) is 4.86. The molecule has 0 aromatic carbocycles. The van der Waals surface area contributed by atoms with Crippen LogP contribution in [-0.4, -0.2) is 69.0 Å². The molecule has 1 fully saturated rings. The minimum absolute atomic E-state index is 0.0104. The van der Waals surface area contributed by atoms with Crippen LogP contribution in [0.3, 0.4) is 0 Å². The smallest absolute Gasteiger partial charge is 0.187 e. The molecule has 0 radical (unpaired) electrons. The maximum Gasteiger partial charge on any atom is 0.187 e. The van der Waals surface area contributed by atoms with Gasteiger partial charge in [-0.3, -0.25) is 4.79 Å². The lowest BCUT2D eigenvalue weighted by Gasteiger charge is -2.39. The van der Waals surface area contributed by atoms with Gasteiger partial charge in [-0.05, 0) is 12.1 Å². The van der Waals surface area contributed by atoms with Gasteiger partial charge in [0.25, 0.3) is 0 Å². The van der Waals surface area contributed by atoms with Crippen LogP contribution >= 0.6 is 0 Å². The number of carbonyl (C=O) groups is 1. The molecular weight excluding hydrogens is 270 g/mol. The van der Waals surface area contributed by atoms with E-state index in [1.165, 1.54) is 0 Å². The fourth-order valence-corrected chi connectivity index (χ4v) is 1.99. The Balaban J connectivity index is 1.95. The lowest BCUT2D eigenvalue weighted by molar-refractivity contribution is -0.304. The summed E-state index contributed by atoms with van der Waals surface area (Å²) < 4.78 is 10.5. The van der Waals surface area contributed by atoms with E-state index in [0.29, 0.717) is 17.7 Å². The van der Waals surface area contributed by atoms with Crippen molar-refractivity contribution < 1.29 is 34.7 Å². The van der Waals surface area contributed by atoms with Gasteiger partial charge in [0.15, 0.2) is 12.6 Å². The van der Waals surface area contributed by atoms with Crippen molar-refractivity contribution in [3.8, 4) is 0 Å². The van der Waals surface area contributed by atoms with Crippen LogP contribution < -0.4 is 0 Å². The summed E-state index contributed by atoms with van der Waals surface area (Å²) in [7, 11) is 0. The highest BCUT2D eigenvalue weighted by molar-refractivity contribution is 5.71. The Morgan fingerprint density at radius 3 is 2.60 bits per heavy atom. The summed E-state index contributed by atoms with van der Waals surface area (Å²) in [5.74, 6) is 0. The standard InChI is InChI=1S/C12H17NO7/c14-3-6-1-2-7(13-6)5-19-12-11(18)10(17)9(16)8(4-15)20-12/h1-3,8-13,15-18H,4-5H2. The van der Waals surface area contributed by atoms with E-state index < -0.39 is 37.3 Å². The first-order chi connectivity index (χ1) is 9.56. The van der Waals surface area contributed by atoms with Crippen LogP contribution in [0.1, 0.15) is 16.2 Å². The normalized spacial score (nSPS) is 34.1. The molecule has 2 rings (SSSR count). The molecule has 1 aliphatic heterocycles. The van der Waals surface area contributed by atoms with E-state index in [0.717, 1.165) is 0 Å². The van der Waals surface area contributed by atoms with E-state index >= 15 is 0 Å². The number of carbonyl (C=O) groups excluding carboxylic acids is 1. The van der Waals surface area contributed by atoms with Crippen molar-refractivity contribution in [2.45, 2.75) is 37.3 Å². The molecular formula is C12H17NO7. The third-order valence-corrected chi connectivity index (χ3v) is 3.15. The minimum Gasteiger partial charge on any atom is -0.394 e. The van der Waals surface area contributed by atoms with Crippen molar-refractivity contribution in [3.63, 3.8) is 0 Å². The van der Waals surface area contributed by atoms with Gasteiger partial charge >= 0.3 is 0 Å². The maximum atomic E-state index is 10.5. The van der Waals surface area contributed by atoms with Crippen LogP contribution in [0.5, 0.6) is 0 Å². The van der Waals surface area contributed by atoms with Crippen molar-refractivity contribution in [3.05, 3.63) is 23.5 Å². The number of ether oxygens (including phenoxy) is 2. The van der Waals surface area contributed by atoms with E-state index in [1.807, 2.05) is 0 Å². The molecule has 2 heterocycles. The fourth-order valence-electron chi connectivity index (χ4n) is 1.99. The number of aromatic amines is 1. The SMILES string of the molecule is O=Cc1ccc(COC2OC(CO)C(O)C(O)C2O)[nH]1. The zero-order chi connectivity index (χ0) is 14.7. The predicted octanol–water partition coefficient (Wildman–Crippen LogP) is -1.86. The zero-order valence-electron chi connectivity index (χ0n) is 10.5. The minimum atomic E-state index is -1.47. The molecule has 1 aromatic rings. The van der Waals surface area contributed by atoms with Gasteiger partial charge in [0.1, 0.15) is 24.4 Å². The second kappa shape index (κ2) is 6.44. The molecule has 1 aromatic heterocycles. The Labute approximate surface area is 114 Å². The van der Waals surface area contributed by atoms with Gasteiger partial charge in [-0.15, -0.1) is 0 Å². The molecule has 20 heavy (non-hydrogen) atoms. The molecule has 112 valence electrons. The van der Waals surface area contributed by atoms with Crippen LogP contribution in [0, 0.1) is 0 Å². The Hall–Kier alpha value is -1.29. The number of aliphatic hydroxyl groups excluding tert-OH is 4. The zero-order valence-corrected chi connectivity index (χ0v) is 10.5. The van der Waals surface area contributed by atoms with Crippen LogP contribution in [0.25, 0.3) is 0 Å². The van der Waals surface area contributed by atoms with Gasteiger partial charge in [0.05, 0.1) is 18.9 Å². The van der Waals surface area contributed by atoms with Gasteiger partial charge in [-0.1, -0.05) is 0 Å². The highest BCUT2D eigenvalue weighted by Gasteiger charge is 2.43. The molecule has 0 amide bonds. The molecule has 8 heteroatoms. The highest BCUT2D eigenvalue weighted by atomic mass is 16.7. The van der Waals surface area contributed by atoms with Crippen LogP contribution in [0.4, 0.5) is 0 Å². The van der Waals surface area contributed by atoms with Gasteiger partial charge in [-0.2, -0.15) is 0 Å². The van der Waals surface area contributed by atoms with Gasteiger partial charge in [0, 0.05) is 5.69 Å². The first-order valence-electron chi connectivity index (χ1n) is 6.12. The Morgan fingerprint density at radius 2 is 2.00 bits per heavy atom. The third kappa shape index (κ3) is 3.06. The van der Waals surface area contributed by atoms with Crippen molar-refractivity contribution in [2.75, 3.05) is 6.61 Å². The largest absolute Gasteiger partial charge is 0.394 e. The quantitative estimate of drug-likeness (QED) is 0.401. The van der Waals surface area contributed by atoms with E-state index in [2.05, 4.69) is 4.98 Å². The van der Waals surface area contributed by atoms with Crippen molar-refractivity contribution in [1.29, 1.82) is 0 Å². The fraction of sp³-hybridized carbons (Fsp3) is 0.583. The summed E-state index contributed by atoms with van der Waals surface area (Å²) in [6.45, 7) is -0.501. The van der Waals surface area contributed by atoms with Gasteiger partial charge < -0.3 is 34.9 Å². The Bertz CT molecular complexity index is 447. The maximum absolute atomic E-state index is 10.5. The summed E-state index contributed by atoms with van der Waals surface area (Å²) in [5.41, 5.74) is 0.974. The Morgan fingerprint density at radius 1 is 1.25 bits per heavy atom. The molecule has 1 saturated heterocycles. The topological polar surface area (TPSA) is 132 Å². The predicted molar refractivity (Wildman–Crippen MR) is 64.7 cm³/mol. The molecule has 8 nitrogen and oxygen atoms in total. The molecule has 5 atom stereocenters. The number of hydrogen-bond donors (Lipinski definition) is 5. The molecule has 5 unspecified atom stereocenters. The monoisotopic (exact) mass is 287 g/mol. The second-order valence-electron chi connectivity index (χ2n) is 4.57. The first kappa shape index (κ1) is 15.1. The molecule has 0 aliphatic carbocycles. The molecule has 0 spiro atoms. The summed E-state index contributed by atoms with van der Waals surface area (Å²) in [6.07, 6.45) is -5.87. The van der Waals surface area contributed by atoms with E-state index in [9.17, 15) is 20.1 Å². The summed E-state index contributed by atoms with van der Waals surface area (Å²) >= 11 is 0. The van der Waals surface area contributed by atoms with Crippen molar-refractivity contribution in [1.82, 2.24) is 4.98 Å². The molecule has 0 saturated carbocycles. The summed E-state index contributed by atoms with van der Waals surface area (Å²) in [5, 5.41) is 38.0. The first-order valence-corrected chi connectivity index (χ1v) is 6.12. The van der Waals surface area contributed by atoms with Crippen LogP contribution in [0.2, 0.25) is 0 Å². The average Bonchev–Trinajstić information content (AvgIpc) is 2.92. The summed E-state index contributed by atoms with van der Waals surface area (Å²) in [4.78, 5) is 13.3. The van der Waals surface area contributed by atoms with Crippen molar-refractivity contribution >= 4 is 6.29 Å². The number of aliphatic hydroxyl groups is 4. The number of aldehydes is 1. The third-order valence-electron chi connectivity index (χ3n) is 3.15. The van der Waals surface area contributed by atoms with Crippen LogP contribution in [0.15, 0.2) is 12.1 Å².